The SMILES string of the molecule is C[C@H](Oc1ccc(Br)cc1)C(=O)OCC(=O)Nc1ccc(C#N)cc1. The van der Waals surface area contributed by atoms with Crippen LogP contribution in [-0.2, 0) is 14.3 Å². The lowest BCUT2D eigenvalue weighted by Gasteiger charge is -2.14. The highest BCUT2D eigenvalue weighted by Crippen LogP contribution is 2.17. The van der Waals surface area contributed by atoms with Crippen LogP contribution in [0.2, 0.25) is 0 Å². The van der Waals surface area contributed by atoms with Gasteiger partial charge in [-0.1, -0.05) is 15.9 Å². The lowest BCUT2D eigenvalue weighted by atomic mass is 10.2. The number of carbonyl (C=O) groups excluding carboxylic acids is 2. The fourth-order valence-electron chi connectivity index (χ4n) is 1.84. The van der Waals surface area contributed by atoms with Gasteiger partial charge < -0.3 is 14.8 Å². The van der Waals surface area contributed by atoms with Gasteiger partial charge in [-0.05, 0) is 55.5 Å². The van der Waals surface area contributed by atoms with E-state index in [4.69, 9.17) is 14.7 Å². The van der Waals surface area contributed by atoms with E-state index in [2.05, 4.69) is 21.2 Å². The van der Waals surface area contributed by atoms with Gasteiger partial charge >= 0.3 is 5.97 Å². The number of nitrogens with one attached hydrogen (secondary N) is 1. The number of halogens is 1. The summed E-state index contributed by atoms with van der Waals surface area (Å²) in [4.78, 5) is 23.7. The summed E-state index contributed by atoms with van der Waals surface area (Å²) in [7, 11) is 0. The number of carbonyl (C=O) groups is 2. The summed E-state index contributed by atoms with van der Waals surface area (Å²) in [5.74, 6) is -0.596. The molecule has 0 bridgehead atoms. The number of ether oxygens (including phenoxy) is 2. The third kappa shape index (κ3) is 5.94. The van der Waals surface area contributed by atoms with Crippen LogP contribution in [0.25, 0.3) is 0 Å². The van der Waals surface area contributed by atoms with E-state index in [1.165, 1.54) is 0 Å². The van der Waals surface area contributed by atoms with Crippen molar-refractivity contribution in [2.45, 2.75) is 13.0 Å². The molecule has 6 nitrogen and oxygen atoms in total. The minimum atomic E-state index is -0.844. The highest BCUT2D eigenvalue weighted by Gasteiger charge is 2.17. The van der Waals surface area contributed by atoms with Crippen molar-refractivity contribution in [3.63, 3.8) is 0 Å². The summed E-state index contributed by atoms with van der Waals surface area (Å²) in [6, 6.07) is 15.3. The molecule has 0 heterocycles. The first-order valence-corrected chi connectivity index (χ1v) is 8.16. The van der Waals surface area contributed by atoms with Gasteiger partial charge in [-0.2, -0.15) is 5.26 Å². The van der Waals surface area contributed by atoms with E-state index < -0.39 is 24.6 Å². The standard InChI is InChI=1S/C18H15BrN2O4/c1-12(25-16-8-4-14(19)5-9-16)18(23)24-11-17(22)21-15-6-2-13(10-20)3-7-15/h2-9,12H,11H2,1H3,(H,21,22)/t12-/m0/s1. The van der Waals surface area contributed by atoms with Crippen molar-refractivity contribution in [3.8, 4) is 11.8 Å². The Morgan fingerprint density at radius 2 is 1.80 bits per heavy atom. The Bertz CT molecular complexity index is 782. The van der Waals surface area contributed by atoms with E-state index in [0.717, 1.165) is 4.47 Å². The van der Waals surface area contributed by atoms with Crippen LogP contribution in [0, 0.1) is 11.3 Å². The minimum Gasteiger partial charge on any atom is -0.479 e. The van der Waals surface area contributed by atoms with E-state index >= 15 is 0 Å². The van der Waals surface area contributed by atoms with Crippen LogP contribution >= 0.6 is 15.9 Å². The molecule has 0 aromatic heterocycles. The Kier molecular flexibility index (Phi) is 6.54. The number of amides is 1. The molecular formula is C18H15BrN2O4. The van der Waals surface area contributed by atoms with Gasteiger partial charge in [-0.3, -0.25) is 4.79 Å². The van der Waals surface area contributed by atoms with Crippen LogP contribution in [0.15, 0.2) is 53.0 Å². The van der Waals surface area contributed by atoms with Crippen molar-refractivity contribution in [2.75, 3.05) is 11.9 Å². The van der Waals surface area contributed by atoms with Crippen LogP contribution in [0.3, 0.4) is 0 Å². The number of anilines is 1. The Balaban J connectivity index is 1.78. The van der Waals surface area contributed by atoms with Crippen LogP contribution in [0.1, 0.15) is 12.5 Å². The third-order valence-corrected chi connectivity index (χ3v) is 3.63. The molecule has 25 heavy (non-hydrogen) atoms. The zero-order chi connectivity index (χ0) is 18.2. The Morgan fingerprint density at radius 3 is 2.40 bits per heavy atom. The molecule has 1 atom stereocenters. The molecule has 0 fully saturated rings. The highest BCUT2D eigenvalue weighted by molar-refractivity contribution is 9.10. The number of rotatable bonds is 6. The zero-order valence-corrected chi connectivity index (χ0v) is 14.9. The number of hydrogen-bond donors (Lipinski definition) is 1. The van der Waals surface area contributed by atoms with Gasteiger partial charge in [-0.15, -0.1) is 0 Å². The molecule has 0 unspecified atom stereocenters. The average molecular weight is 403 g/mol. The highest BCUT2D eigenvalue weighted by atomic mass is 79.9. The van der Waals surface area contributed by atoms with Gasteiger partial charge in [-0.25, -0.2) is 4.79 Å². The first-order valence-electron chi connectivity index (χ1n) is 7.37. The van der Waals surface area contributed by atoms with Crippen LogP contribution < -0.4 is 10.1 Å². The van der Waals surface area contributed by atoms with Gasteiger partial charge in [0, 0.05) is 10.2 Å². The molecule has 0 spiro atoms. The normalized spacial score (nSPS) is 11.1. The number of hydrogen-bond acceptors (Lipinski definition) is 5. The second-order valence-corrected chi connectivity index (χ2v) is 5.97. The summed E-state index contributed by atoms with van der Waals surface area (Å²) < 4.78 is 11.3. The minimum absolute atomic E-state index is 0.424. The van der Waals surface area contributed by atoms with Gasteiger partial charge in [0.15, 0.2) is 12.7 Å². The molecule has 0 aliphatic rings. The predicted molar refractivity (Wildman–Crippen MR) is 95.0 cm³/mol. The van der Waals surface area contributed by atoms with E-state index in [9.17, 15) is 9.59 Å². The number of nitrogens with zero attached hydrogens (tertiary/aromatic N) is 1. The number of nitriles is 1. The largest absolute Gasteiger partial charge is 0.479 e. The van der Waals surface area contributed by atoms with E-state index in [1.54, 1.807) is 55.5 Å². The summed E-state index contributed by atoms with van der Waals surface area (Å²) in [5, 5.41) is 11.3. The molecule has 2 aromatic carbocycles. The molecule has 2 aromatic rings. The summed E-state index contributed by atoms with van der Waals surface area (Å²) in [6.07, 6.45) is -0.844. The monoisotopic (exact) mass is 402 g/mol. The van der Waals surface area contributed by atoms with Gasteiger partial charge in [0.2, 0.25) is 0 Å². The van der Waals surface area contributed by atoms with E-state index in [-0.39, 0.29) is 0 Å². The molecule has 1 amide bonds. The fraction of sp³-hybridized carbons (Fsp3) is 0.167. The fourth-order valence-corrected chi connectivity index (χ4v) is 2.11. The molecule has 0 aliphatic carbocycles. The van der Waals surface area contributed by atoms with Crippen molar-refractivity contribution >= 4 is 33.5 Å². The molecule has 1 N–H and O–H groups in total. The number of benzene rings is 2. The number of esters is 1. The van der Waals surface area contributed by atoms with E-state index in [0.29, 0.717) is 17.0 Å². The Hall–Kier alpha value is -2.85. The lowest BCUT2D eigenvalue weighted by Crippen LogP contribution is -2.29. The maximum atomic E-state index is 11.9. The summed E-state index contributed by atoms with van der Waals surface area (Å²) >= 11 is 3.31. The lowest BCUT2D eigenvalue weighted by molar-refractivity contribution is -0.153. The zero-order valence-electron chi connectivity index (χ0n) is 13.4. The summed E-state index contributed by atoms with van der Waals surface area (Å²) in [6.45, 7) is 1.12. The quantitative estimate of drug-likeness (QED) is 0.748. The van der Waals surface area contributed by atoms with Crippen LogP contribution in [0.5, 0.6) is 5.75 Å². The van der Waals surface area contributed by atoms with Gasteiger partial charge in [0.05, 0.1) is 11.6 Å². The predicted octanol–water partition coefficient (Wildman–Crippen LogP) is 3.27. The molecule has 7 heteroatoms. The van der Waals surface area contributed by atoms with Gasteiger partial charge in [0.25, 0.3) is 5.91 Å². The maximum absolute atomic E-state index is 11.9. The first-order chi connectivity index (χ1) is 12.0. The van der Waals surface area contributed by atoms with E-state index in [1.807, 2.05) is 6.07 Å². The van der Waals surface area contributed by atoms with Crippen molar-refractivity contribution in [1.82, 2.24) is 0 Å². The maximum Gasteiger partial charge on any atom is 0.347 e. The molecular weight excluding hydrogens is 388 g/mol. The molecule has 128 valence electrons. The first kappa shape index (κ1) is 18.5. The van der Waals surface area contributed by atoms with Crippen molar-refractivity contribution in [3.05, 3.63) is 58.6 Å². The van der Waals surface area contributed by atoms with Crippen molar-refractivity contribution in [1.29, 1.82) is 5.26 Å². The third-order valence-electron chi connectivity index (χ3n) is 3.10. The molecule has 0 aliphatic heterocycles. The average Bonchev–Trinajstić information content (AvgIpc) is 2.62. The second kappa shape index (κ2) is 8.85. The molecule has 0 saturated carbocycles. The molecule has 0 radical (unpaired) electrons. The summed E-state index contributed by atoms with van der Waals surface area (Å²) in [5.41, 5.74) is 1.00. The van der Waals surface area contributed by atoms with Crippen molar-refractivity contribution in [2.24, 2.45) is 0 Å². The van der Waals surface area contributed by atoms with Gasteiger partial charge in [0.1, 0.15) is 5.75 Å². The second-order valence-electron chi connectivity index (χ2n) is 5.06. The topological polar surface area (TPSA) is 88.4 Å². The smallest absolute Gasteiger partial charge is 0.347 e. The van der Waals surface area contributed by atoms with Crippen molar-refractivity contribution < 1.29 is 19.1 Å². The molecule has 0 saturated heterocycles. The molecule has 2 rings (SSSR count). The Labute approximate surface area is 153 Å². The van der Waals surface area contributed by atoms with Crippen LogP contribution in [0.4, 0.5) is 5.69 Å². The Morgan fingerprint density at radius 1 is 1.16 bits per heavy atom. The van der Waals surface area contributed by atoms with Crippen LogP contribution in [-0.4, -0.2) is 24.6 Å².